The van der Waals surface area contributed by atoms with E-state index in [0.717, 1.165) is 0 Å². The maximum absolute atomic E-state index is 8.95. The third kappa shape index (κ3) is 0.803. The van der Waals surface area contributed by atoms with Crippen LogP contribution in [-0.4, -0.2) is 19.1 Å². The van der Waals surface area contributed by atoms with E-state index in [9.17, 15) is 0 Å². The average Bonchev–Trinajstić information content (AvgIpc) is 2.21. The van der Waals surface area contributed by atoms with Crippen LogP contribution in [-0.2, 0) is 0 Å². The lowest BCUT2D eigenvalue weighted by atomic mass is 9.79. The van der Waals surface area contributed by atoms with Gasteiger partial charge in [-0.25, -0.2) is 0 Å². The van der Waals surface area contributed by atoms with Crippen LogP contribution in [0.4, 0.5) is 0 Å². The fourth-order valence-electron chi connectivity index (χ4n) is 0.615. The second-order valence-corrected chi connectivity index (χ2v) is 2.83. The zero-order valence-corrected chi connectivity index (χ0v) is 4.94. The van der Waals surface area contributed by atoms with Crippen molar-refractivity contribution in [2.24, 2.45) is 0 Å². The predicted octanol–water partition coefficient (Wildman–Crippen LogP) is -0.0472. The van der Waals surface area contributed by atoms with Gasteiger partial charge in [-0.1, -0.05) is 12.8 Å². The molecule has 1 aliphatic rings. The van der Waals surface area contributed by atoms with Crippen LogP contribution in [0.3, 0.4) is 0 Å². The highest BCUT2D eigenvalue weighted by molar-refractivity contribution is 6.17. The second-order valence-electron chi connectivity index (χ2n) is 2.83. The van der Waals surface area contributed by atoms with Crippen molar-refractivity contribution in [3.8, 4) is 0 Å². The van der Waals surface area contributed by atoms with Crippen molar-refractivity contribution < 1.29 is 5.11 Å². The van der Waals surface area contributed by atoms with Crippen LogP contribution >= 0.6 is 0 Å². The summed E-state index contributed by atoms with van der Waals surface area (Å²) < 4.78 is 0. The number of hydrogen-bond acceptors (Lipinski definition) is 1. The Labute approximate surface area is 45.1 Å². The van der Waals surface area contributed by atoms with Crippen LogP contribution in [0.5, 0.6) is 0 Å². The smallest absolute Gasteiger partial charge is 0.112 e. The van der Waals surface area contributed by atoms with E-state index in [0.29, 0.717) is 5.31 Å². The number of rotatable bonds is 1. The van der Waals surface area contributed by atoms with E-state index in [1.165, 1.54) is 12.8 Å². The first kappa shape index (κ1) is 5.17. The molecule has 1 fully saturated rings. The van der Waals surface area contributed by atoms with Crippen molar-refractivity contribution in [1.82, 2.24) is 0 Å². The average molecular weight is 98.0 g/mol. The number of aliphatic hydroxyl groups is 1. The molecule has 0 radical (unpaired) electrons. The molecule has 1 nitrogen and oxygen atoms in total. The molecule has 0 spiro atoms. The lowest BCUT2D eigenvalue weighted by molar-refractivity contribution is 0.178. The Morgan fingerprint density at radius 1 is 1.71 bits per heavy atom. The van der Waals surface area contributed by atoms with E-state index in [2.05, 4.69) is 7.85 Å². The van der Waals surface area contributed by atoms with Gasteiger partial charge in [-0.3, -0.25) is 0 Å². The van der Waals surface area contributed by atoms with Gasteiger partial charge in [-0.15, -0.1) is 0 Å². The van der Waals surface area contributed by atoms with Crippen molar-refractivity contribution in [3.63, 3.8) is 0 Å². The van der Waals surface area contributed by atoms with Gasteiger partial charge in [0.05, 0.1) is 0 Å². The molecule has 0 saturated heterocycles. The molecule has 7 heavy (non-hydrogen) atoms. The molecule has 40 valence electrons. The molecule has 1 atom stereocenters. The van der Waals surface area contributed by atoms with Crippen molar-refractivity contribution >= 4 is 7.85 Å². The van der Waals surface area contributed by atoms with Gasteiger partial charge in [0.15, 0.2) is 0 Å². The van der Waals surface area contributed by atoms with Crippen molar-refractivity contribution in [2.75, 3.05) is 0 Å². The van der Waals surface area contributed by atoms with Crippen molar-refractivity contribution in [1.29, 1.82) is 0 Å². The van der Waals surface area contributed by atoms with Crippen LogP contribution in [0, 0.1) is 0 Å². The Kier molecular flexibility index (Phi) is 0.924. The molecule has 0 bridgehead atoms. The molecule has 0 unspecified atom stereocenters. The van der Waals surface area contributed by atoms with E-state index in [1.54, 1.807) is 0 Å². The normalized spacial score (nSPS) is 29.4. The minimum Gasteiger partial charge on any atom is -0.394 e. The maximum Gasteiger partial charge on any atom is 0.112 e. The number of hydrogen-bond donors (Lipinski definition) is 1. The molecule has 0 aromatic carbocycles. The Hall–Kier alpha value is 0.0249. The highest BCUT2D eigenvalue weighted by Gasteiger charge is 2.41. The number of aliphatic hydroxyl groups excluding tert-OH is 1. The molecule has 0 aromatic heterocycles. The van der Waals surface area contributed by atoms with E-state index >= 15 is 0 Å². The highest BCUT2D eigenvalue weighted by Crippen LogP contribution is 2.52. The molecule has 1 N–H and O–H groups in total. The van der Waals surface area contributed by atoms with E-state index in [1.807, 2.05) is 6.92 Å². The summed E-state index contributed by atoms with van der Waals surface area (Å²) in [6, 6.07) is 0. The topological polar surface area (TPSA) is 20.2 Å². The lowest BCUT2D eigenvalue weighted by Gasteiger charge is -2.09. The third-order valence-corrected chi connectivity index (χ3v) is 2.05. The van der Waals surface area contributed by atoms with Crippen LogP contribution < -0.4 is 0 Å². The quantitative estimate of drug-likeness (QED) is 0.456. The molecule has 0 aliphatic heterocycles. The zero-order chi connectivity index (χ0) is 5.49. The molecule has 0 amide bonds. The monoisotopic (exact) mass is 98.1 g/mol. The van der Waals surface area contributed by atoms with Gasteiger partial charge in [0.2, 0.25) is 0 Å². The third-order valence-electron chi connectivity index (χ3n) is 2.05. The second kappa shape index (κ2) is 1.25. The van der Waals surface area contributed by atoms with E-state index in [4.69, 9.17) is 5.11 Å². The van der Waals surface area contributed by atoms with E-state index < -0.39 is 0 Å². The fourth-order valence-corrected chi connectivity index (χ4v) is 0.615. The Bertz CT molecular complexity index is 76.1. The molecular weight excluding hydrogens is 86.9 g/mol. The zero-order valence-electron chi connectivity index (χ0n) is 4.94. The standard InChI is InChI=1S/C5H11BO/c1-4(7)5(6)2-3-5/h4,7H,2-3,6H2,1H3/t4-/m1/s1. The van der Waals surface area contributed by atoms with Gasteiger partial charge >= 0.3 is 0 Å². The molecule has 0 aromatic rings. The Morgan fingerprint density at radius 3 is 2.14 bits per heavy atom. The fraction of sp³-hybridized carbons (Fsp3) is 1.00. The predicted molar refractivity (Wildman–Crippen MR) is 32.2 cm³/mol. The minimum atomic E-state index is -0.0903. The molecule has 1 rings (SSSR count). The van der Waals surface area contributed by atoms with Crippen LogP contribution in [0.1, 0.15) is 19.8 Å². The summed E-state index contributed by atoms with van der Waals surface area (Å²) in [6.07, 6.45) is 2.34. The SMILES string of the molecule is BC1([C@@H](C)O)CC1. The van der Waals surface area contributed by atoms with E-state index in [-0.39, 0.29) is 6.10 Å². The van der Waals surface area contributed by atoms with Crippen LogP contribution in [0.15, 0.2) is 0 Å². The summed E-state index contributed by atoms with van der Waals surface area (Å²) in [5.74, 6) is 0. The van der Waals surface area contributed by atoms with Gasteiger partial charge in [0.25, 0.3) is 0 Å². The first-order valence-corrected chi connectivity index (χ1v) is 2.83. The van der Waals surface area contributed by atoms with Gasteiger partial charge < -0.3 is 5.11 Å². The van der Waals surface area contributed by atoms with Crippen molar-refractivity contribution in [3.05, 3.63) is 0 Å². The Morgan fingerprint density at radius 2 is 2.14 bits per heavy atom. The molecule has 2 heteroatoms. The van der Waals surface area contributed by atoms with Gasteiger partial charge in [-0.2, -0.15) is 0 Å². The van der Waals surface area contributed by atoms with Gasteiger partial charge in [-0.05, 0) is 12.2 Å². The summed E-state index contributed by atoms with van der Waals surface area (Å²) in [6.45, 7) is 1.87. The molecule has 1 aliphatic carbocycles. The molecule has 1 saturated carbocycles. The lowest BCUT2D eigenvalue weighted by Crippen LogP contribution is -2.10. The first-order chi connectivity index (χ1) is 3.15. The van der Waals surface area contributed by atoms with Crippen LogP contribution in [0.25, 0.3) is 0 Å². The molecular formula is C5H11BO. The summed E-state index contributed by atoms with van der Waals surface area (Å²) in [5, 5.41) is 9.26. The van der Waals surface area contributed by atoms with Gasteiger partial charge in [0, 0.05) is 6.10 Å². The summed E-state index contributed by atoms with van der Waals surface area (Å²) in [4.78, 5) is 0. The summed E-state index contributed by atoms with van der Waals surface area (Å²) in [7, 11) is 2.12. The molecule has 0 heterocycles. The largest absolute Gasteiger partial charge is 0.394 e. The highest BCUT2D eigenvalue weighted by atomic mass is 16.3. The minimum absolute atomic E-state index is 0.0903. The Balaban J connectivity index is 2.39. The van der Waals surface area contributed by atoms with Crippen molar-refractivity contribution in [2.45, 2.75) is 31.2 Å². The summed E-state index contributed by atoms with van der Waals surface area (Å²) in [5.41, 5.74) is 0. The van der Waals surface area contributed by atoms with Gasteiger partial charge in [0.1, 0.15) is 7.85 Å². The van der Waals surface area contributed by atoms with Crippen LogP contribution in [0.2, 0.25) is 5.31 Å². The first-order valence-electron chi connectivity index (χ1n) is 2.83. The summed E-state index contributed by atoms with van der Waals surface area (Å²) >= 11 is 0. The maximum atomic E-state index is 8.95.